The van der Waals surface area contributed by atoms with Crippen molar-refractivity contribution in [1.29, 1.82) is 0 Å². The van der Waals surface area contributed by atoms with Gasteiger partial charge in [0, 0.05) is 18.3 Å². The summed E-state index contributed by atoms with van der Waals surface area (Å²) in [6, 6.07) is 13.5. The van der Waals surface area contributed by atoms with Crippen LogP contribution in [0.15, 0.2) is 48.5 Å². The van der Waals surface area contributed by atoms with E-state index in [0.29, 0.717) is 16.8 Å². The molecule has 5 heteroatoms. The number of hydrogen-bond acceptors (Lipinski definition) is 3. The third-order valence-electron chi connectivity index (χ3n) is 3.38. The number of para-hydroxylation sites is 1. The number of carbonyl (C=O) groups is 3. The van der Waals surface area contributed by atoms with Gasteiger partial charge >= 0.3 is 0 Å². The van der Waals surface area contributed by atoms with E-state index in [1.165, 1.54) is 19.2 Å². The molecule has 1 heterocycles. The molecular weight excluding hydrogens is 268 g/mol. The standard InChI is InChI=1S/C16H12N2O3/c1-18-15(20)12-8-7-10(9-13(12)16(18)21)14(19)17-11-5-3-2-4-6-11/h2-9H,1H3,(H,17,19). The Morgan fingerprint density at radius 2 is 1.62 bits per heavy atom. The van der Waals surface area contributed by atoms with E-state index in [1.54, 1.807) is 18.2 Å². The summed E-state index contributed by atoms with van der Waals surface area (Å²) in [6.45, 7) is 0. The van der Waals surface area contributed by atoms with Gasteiger partial charge in [0.25, 0.3) is 17.7 Å². The van der Waals surface area contributed by atoms with E-state index < -0.39 is 0 Å². The molecule has 0 unspecified atom stereocenters. The number of rotatable bonds is 2. The van der Waals surface area contributed by atoms with Crippen LogP contribution in [0.3, 0.4) is 0 Å². The van der Waals surface area contributed by atoms with E-state index in [2.05, 4.69) is 5.32 Å². The Morgan fingerprint density at radius 3 is 2.33 bits per heavy atom. The summed E-state index contributed by atoms with van der Waals surface area (Å²) in [5.41, 5.74) is 1.61. The molecule has 21 heavy (non-hydrogen) atoms. The molecule has 5 nitrogen and oxygen atoms in total. The number of anilines is 1. The molecule has 0 bridgehead atoms. The molecule has 3 rings (SSSR count). The maximum absolute atomic E-state index is 12.2. The number of benzene rings is 2. The first kappa shape index (κ1) is 13.1. The summed E-state index contributed by atoms with van der Waals surface area (Å²) in [5.74, 6) is -1.05. The fourth-order valence-electron chi connectivity index (χ4n) is 2.23. The zero-order valence-electron chi connectivity index (χ0n) is 11.3. The molecule has 1 aliphatic heterocycles. The number of carbonyl (C=O) groups excluding carboxylic acids is 3. The van der Waals surface area contributed by atoms with Gasteiger partial charge in [-0.15, -0.1) is 0 Å². The number of fused-ring (bicyclic) bond motifs is 1. The van der Waals surface area contributed by atoms with E-state index >= 15 is 0 Å². The van der Waals surface area contributed by atoms with E-state index in [0.717, 1.165) is 4.90 Å². The van der Waals surface area contributed by atoms with Crippen molar-refractivity contribution in [3.63, 3.8) is 0 Å². The van der Waals surface area contributed by atoms with Crippen LogP contribution in [-0.4, -0.2) is 29.7 Å². The maximum atomic E-state index is 12.2. The maximum Gasteiger partial charge on any atom is 0.261 e. The number of nitrogens with one attached hydrogen (secondary N) is 1. The predicted molar refractivity (Wildman–Crippen MR) is 77.3 cm³/mol. The molecule has 1 aliphatic rings. The van der Waals surface area contributed by atoms with Gasteiger partial charge < -0.3 is 5.32 Å². The molecule has 0 atom stereocenters. The van der Waals surface area contributed by atoms with Crippen LogP contribution >= 0.6 is 0 Å². The molecule has 0 spiro atoms. The van der Waals surface area contributed by atoms with Crippen molar-refractivity contribution < 1.29 is 14.4 Å². The zero-order valence-corrected chi connectivity index (χ0v) is 11.3. The number of imide groups is 1. The summed E-state index contributed by atoms with van der Waals surface area (Å²) in [7, 11) is 1.42. The van der Waals surface area contributed by atoms with E-state index in [4.69, 9.17) is 0 Å². The smallest absolute Gasteiger partial charge is 0.261 e. The van der Waals surface area contributed by atoms with Crippen LogP contribution in [0.5, 0.6) is 0 Å². The average molecular weight is 280 g/mol. The third kappa shape index (κ3) is 2.18. The summed E-state index contributed by atoms with van der Waals surface area (Å²) in [6.07, 6.45) is 0. The lowest BCUT2D eigenvalue weighted by Gasteiger charge is -2.05. The van der Waals surface area contributed by atoms with Crippen LogP contribution in [0, 0.1) is 0 Å². The molecule has 0 aromatic heterocycles. The first-order valence-electron chi connectivity index (χ1n) is 6.41. The Morgan fingerprint density at radius 1 is 0.952 bits per heavy atom. The van der Waals surface area contributed by atoms with Crippen LogP contribution in [0.25, 0.3) is 0 Å². The highest BCUT2D eigenvalue weighted by Gasteiger charge is 2.33. The molecule has 0 fully saturated rings. The third-order valence-corrected chi connectivity index (χ3v) is 3.38. The molecule has 0 radical (unpaired) electrons. The molecule has 0 saturated heterocycles. The summed E-state index contributed by atoms with van der Waals surface area (Å²) < 4.78 is 0. The van der Waals surface area contributed by atoms with Crippen molar-refractivity contribution in [1.82, 2.24) is 4.90 Å². The van der Waals surface area contributed by atoms with Crippen molar-refractivity contribution in [3.8, 4) is 0 Å². The van der Waals surface area contributed by atoms with E-state index in [1.807, 2.05) is 18.2 Å². The highest BCUT2D eigenvalue weighted by molar-refractivity contribution is 6.22. The second kappa shape index (κ2) is 4.86. The number of amides is 3. The number of hydrogen-bond donors (Lipinski definition) is 1. The first-order chi connectivity index (χ1) is 10.1. The molecule has 104 valence electrons. The Bertz CT molecular complexity index is 753. The van der Waals surface area contributed by atoms with Gasteiger partial charge in [0.15, 0.2) is 0 Å². The zero-order chi connectivity index (χ0) is 15.0. The molecule has 3 amide bonds. The van der Waals surface area contributed by atoms with Crippen molar-refractivity contribution >= 4 is 23.4 Å². The summed E-state index contributed by atoms with van der Waals surface area (Å²) in [5, 5.41) is 2.74. The molecule has 2 aromatic rings. The molecular formula is C16H12N2O3. The normalized spacial score (nSPS) is 13.3. The van der Waals surface area contributed by atoms with Crippen LogP contribution in [0.4, 0.5) is 5.69 Å². The van der Waals surface area contributed by atoms with Gasteiger partial charge in [-0.05, 0) is 30.3 Å². The summed E-state index contributed by atoms with van der Waals surface area (Å²) in [4.78, 5) is 36.9. The van der Waals surface area contributed by atoms with Crippen molar-refractivity contribution in [2.45, 2.75) is 0 Å². The van der Waals surface area contributed by atoms with Crippen molar-refractivity contribution in [2.75, 3.05) is 12.4 Å². The molecule has 2 aromatic carbocycles. The quantitative estimate of drug-likeness (QED) is 0.857. The largest absolute Gasteiger partial charge is 0.322 e. The summed E-state index contributed by atoms with van der Waals surface area (Å²) >= 11 is 0. The minimum atomic E-state index is -0.385. The monoisotopic (exact) mass is 280 g/mol. The average Bonchev–Trinajstić information content (AvgIpc) is 2.73. The minimum Gasteiger partial charge on any atom is -0.322 e. The van der Waals surface area contributed by atoms with Gasteiger partial charge in [0.05, 0.1) is 11.1 Å². The highest BCUT2D eigenvalue weighted by Crippen LogP contribution is 2.23. The Hall–Kier alpha value is -2.95. The molecule has 0 aliphatic carbocycles. The second-order valence-corrected chi connectivity index (χ2v) is 4.75. The fraction of sp³-hybridized carbons (Fsp3) is 0.0625. The van der Waals surface area contributed by atoms with Gasteiger partial charge in [-0.1, -0.05) is 18.2 Å². The van der Waals surface area contributed by atoms with Gasteiger partial charge in [-0.2, -0.15) is 0 Å². The van der Waals surface area contributed by atoms with E-state index in [-0.39, 0.29) is 23.3 Å². The van der Waals surface area contributed by atoms with Gasteiger partial charge in [0.1, 0.15) is 0 Å². The van der Waals surface area contributed by atoms with Crippen LogP contribution < -0.4 is 5.32 Å². The van der Waals surface area contributed by atoms with Crippen molar-refractivity contribution in [3.05, 3.63) is 65.2 Å². The fourth-order valence-corrected chi connectivity index (χ4v) is 2.23. The Kier molecular flexibility index (Phi) is 3.02. The molecule has 0 saturated carbocycles. The predicted octanol–water partition coefficient (Wildman–Crippen LogP) is 2.16. The number of nitrogens with zero attached hydrogens (tertiary/aromatic N) is 1. The van der Waals surface area contributed by atoms with Gasteiger partial charge in [-0.3, -0.25) is 19.3 Å². The van der Waals surface area contributed by atoms with E-state index in [9.17, 15) is 14.4 Å². The first-order valence-corrected chi connectivity index (χ1v) is 6.41. The lowest BCUT2D eigenvalue weighted by Crippen LogP contribution is -2.24. The lowest BCUT2D eigenvalue weighted by atomic mass is 10.1. The van der Waals surface area contributed by atoms with Crippen LogP contribution in [0.1, 0.15) is 31.1 Å². The minimum absolute atomic E-state index is 0.267. The topological polar surface area (TPSA) is 66.5 Å². The molecule has 1 N–H and O–H groups in total. The lowest BCUT2D eigenvalue weighted by molar-refractivity contribution is 0.0693. The van der Waals surface area contributed by atoms with Crippen molar-refractivity contribution in [2.24, 2.45) is 0 Å². The van der Waals surface area contributed by atoms with Gasteiger partial charge in [-0.25, -0.2) is 0 Å². The van der Waals surface area contributed by atoms with Crippen LogP contribution in [0.2, 0.25) is 0 Å². The highest BCUT2D eigenvalue weighted by atomic mass is 16.2. The van der Waals surface area contributed by atoms with Gasteiger partial charge in [0.2, 0.25) is 0 Å². The SMILES string of the molecule is CN1C(=O)c2ccc(C(=O)Nc3ccccc3)cc2C1=O. The second-order valence-electron chi connectivity index (χ2n) is 4.75. The van der Waals surface area contributed by atoms with Crippen LogP contribution in [-0.2, 0) is 0 Å². The Labute approximate surface area is 121 Å². The Balaban J connectivity index is 1.90.